The summed E-state index contributed by atoms with van der Waals surface area (Å²) in [6.45, 7) is 2.67. The van der Waals surface area contributed by atoms with Crippen molar-refractivity contribution in [3.63, 3.8) is 0 Å². The molecule has 18 heavy (non-hydrogen) atoms. The van der Waals surface area contributed by atoms with E-state index >= 15 is 0 Å². The first-order valence-corrected chi connectivity index (χ1v) is 6.26. The summed E-state index contributed by atoms with van der Waals surface area (Å²) in [5.41, 5.74) is 6.99. The van der Waals surface area contributed by atoms with Gasteiger partial charge < -0.3 is 10.7 Å². The molecule has 1 unspecified atom stereocenters. The van der Waals surface area contributed by atoms with Crippen molar-refractivity contribution < 1.29 is 4.39 Å². The van der Waals surface area contributed by atoms with Gasteiger partial charge in [-0.05, 0) is 18.6 Å². The smallest absolute Gasteiger partial charge is 0.132 e. The molecule has 3 N–H and O–H groups in total. The summed E-state index contributed by atoms with van der Waals surface area (Å²) in [4.78, 5) is 7.50. The Bertz CT molecular complexity index is 507. The third-order valence-electron chi connectivity index (χ3n) is 3.07. The molecule has 0 aliphatic heterocycles. The number of nitrogens with two attached hydrogens (primary N) is 1. The van der Waals surface area contributed by atoms with Gasteiger partial charge in [-0.2, -0.15) is 0 Å². The molecule has 96 valence electrons. The van der Waals surface area contributed by atoms with E-state index in [0.717, 1.165) is 18.7 Å². The molecule has 0 aliphatic rings. The maximum absolute atomic E-state index is 13.6. The number of nitrogens with one attached hydrogen (secondary N) is 1. The number of rotatable bonds is 5. The topological polar surface area (TPSA) is 54.7 Å². The lowest BCUT2D eigenvalue weighted by molar-refractivity contribution is 0.594. The van der Waals surface area contributed by atoms with Crippen molar-refractivity contribution in [1.29, 1.82) is 0 Å². The molecule has 0 aliphatic carbocycles. The highest BCUT2D eigenvalue weighted by atomic mass is 19.1. The van der Waals surface area contributed by atoms with Crippen molar-refractivity contribution in [3.8, 4) is 11.3 Å². The zero-order valence-corrected chi connectivity index (χ0v) is 10.5. The van der Waals surface area contributed by atoms with Crippen LogP contribution in [0, 0.1) is 5.82 Å². The van der Waals surface area contributed by atoms with Crippen LogP contribution in [-0.4, -0.2) is 16.5 Å². The highest BCUT2D eigenvalue weighted by Crippen LogP contribution is 2.24. The van der Waals surface area contributed by atoms with E-state index in [-0.39, 0.29) is 11.7 Å². The van der Waals surface area contributed by atoms with Crippen LogP contribution in [-0.2, 0) is 0 Å². The molecule has 2 aromatic rings. The Kier molecular flexibility index (Phi) is 4.10. The minimum absolute atomic E-state index is 0.218. The van der Waals surface area contributed by atoms with Crippen molar-refractivity contribution in [1.82, 2.24) is 9.97 Å². The molecule has 0 amide bonds. The van der Waals surface area contributed by atoms with E-state index in [4.69, 9.17) is 5.73 Å². The number of aromatic nitrogens is 2. The van der Waals surface area contributed by atoms with E-state index in [1.165, 1.54) is 6.07 Å². The van der Waals surface area contributed by atoms with Gasteiger partial charge in [-0.1, -0.05) is 25.5 Å². The van der Waals surface area contributed by atoms with Gasteiger partial charge in [-0.3, -0.25) is 0 Å². The van der Waals surface area contributed by atoms with E-state index in [0.29, 0.717) is 17.8 Å². The molecule has 1 atom stereocenters. The van der Waals surface area contributed by atoms with Crippen LogP contribution in [0.15, 0.2) is 30.5 Å². The van der Waals surface area contributed by atoms with Crippen LogP contribution in [0.3, 0.4) is 0 Å². The Hall–Kier alpha value is -1.68. The predicted molar refractivity (Wildman–Crippen MR) is 70.7 cm³/mol. The first-order valence-electron chi connectivity index (χ1n) is 6.26. The first kappa shape index (κ1) is 12.8. The summed E-state index contributed by atoms with van der Waals surface area (Å²) in [5, 5.41) is 0. The van der Waals surface area contributed by atoms with Gasteiger partial charge in [0.2, 0.25) is 0 Å². The number of halogens is 1. The fraction of sp³-hybridized carbons (Fsp3) is 0.357. The summed E-state index contributed by atoms with van der Waals surface area (Å²) in [6, 6.07) is 6.67. The van der Waals surface area contributed by atoms with Crippen molar-refractivity contribution in [2.75, 3.05) is 6.54 Å². The van der Waals surface area contributed by atoms with Crippen LogP contribution in [0.2, 0.25) is 0 Å². The number of H-pyrrole nitrogens is 1. The van der Waals surface area contributed by atoms with Crippen LogP contribution in [0.25, 0.3) is 11.3 Å². The van der Waals surface area contributed by atoms with Crippen LogP contribution in [0.4, 0.5) is 4.39 Å². The molecule has 0 fully saturated rings. The lowest BCUT2D eigenvalue weighted by Crippen LogP contribution is -2.13. The molecule has 0 saturated heterocycles. The maximum atomic E-state index is 13.6. The third kappa shape index (κ3) is 2.59. The molecule has 1 aromatic heterocycles. The molecule has 0 spiro atoms. The number of hydrogen-bond donors (Lipinski definition) is 2. The Morgan fingerprint density at radius 1 is 1.39 bits per heavy atom. The van der Waals surface area contributed by atoms with Gasteiger partial charge >= 0.3 is 0 Å². The highest BCUT2D eigenvalue weighted by molar-refractivity contribution is 5.59. The molecule has 3 nitrogen and oxygen atoms in total. The first-order chi connectivity index (χ1) is 8.76. The van der Waals surface area contributed by atoms with E-state index < -0.39 is 0 Å². The largest absolute Gasteiger partial charge is 0.342 e. The number of imidazole rings is 1. The van der Waals surface area contributed by atoms with E-state index in [1.54, 1.807) is 18.3 Å². The fourth-order valence-corrected chi connectivity index (χ4v) is 2.08. The molecule has 4 heteroatoms. The quantitative estimate of drug-likeness (QED) is 0.853. The van der Waals surface area contributed by atoms with Crippen LogP contribution in [0.1, 0.15) is 31.5 Å². The van der Waals surface area contributed by atoms with Gasteiger partial charge in [-0.15, -0.1) is 0 Å². The Morgan fingerprint density at radius 2 is 2.17 bits per heavy atom. The van der Waals surface area contributed by atoms with Gasteiger partial charge in [0.1, 0.15) is 11.6 Å². The maximum Gasteiger partial charge on any atom is 0.132 e. The Morgan fingerprint density at radius 3 is 2.83 bits per heavy atom. The van der Waals surface area contributed by atoms with Crippen molar-refractivity contribution in [2.45, 2.75) is 25.7 Å². The average Bonchev–Trinajstić information content (AvgIpc) is 2.85. The lowest BCUT2D eigenvalue weighted by Gasteiger charge is -2.10. The van der Waals surface area contributed by atoms with Crippen molar-refractivity contribution >= 4 is 0 Å². The second-order valence-corrected chi connectivity index (χ2v) is 4.38. The predicted octanol–water partition coefficient (Wildman–Crippen LogP) is 3.06. The molecule has 1 heterocycles. The standard InChI is InChI=1S/C14H18FN3/c1-2-5-10(8-16)14-17-9-13(18-14)11-6-3-4-7-12(11)15/h3-4,6-7,9-10H,2,5,8,16H2,1H3,(H,17,18). The number of nitrogens with zero attached hydrogens (tertiary/aromatic N) is 1. The SMILES string of the molecule is CCCC(CN)c1ncc(-c2ccccc2F)[nH]1. The second kappa shape index (κ2) is 5.78. The minimum Gasteiger partial charge on any atom is -0.342 e. The molecule has 0 bridgehead atoms. The zero-order valence-electron chi connectivity index (χ0n) is 10.5. The molecular weight excluding hydrogens is 229 g/mol. The van der Waals surface area contributed by atoms with Crippen LogP contribution < -0.4 is 5.73 Å². The van der Waals surface area contributed by atoms with Gasteiger partial charge in [0.05, 0.1) is 11.9 Å². The summed E-state index contributed by atoms with van der Waals surface area (Å²) in [5.74, 6) is 0.820. The number of aromatic amines is 1. The van der Waals surface area contributed by atoms with Crippen LogP contribution >= 0.6 is 0 Å². The number of benzene rings is 1. The fourth-order valence-electron chi connectivity index (χ4n) is 2.08. The number of hydrogen-bond acceptors (Lipinski definition) is 2. The molecule has 2 rings (SSSR count). The zero-order chi connectivity index (χ0) is 13.0. The highest BCUT2D eigenvalue weighted by Gasteiger charge is 2.14. The van der Waals surface area contributed by atoms with Gasteiger partial charge in [0, 0.05) is 18.0 Å². The summed E-state index contributed by atoms with van der Waals surface area (Å²) >= 11 is 0. The molecular formula is C14H18FN3. The third-order valence-corrected chi connectivity index (χ3v) is 3.07. The lowest BCUT2D eigenvalue weighted by atomic mass is 10.0. The minimum atomic E-state index is -0.243. The monoisotopic (exact) mass is 247 g/mol. The second-order valence-electron chi connectivity index (χ2n) is 4.38. The van der Waals surface area contributed by atoms with Gasteiger partial charge in [-0.25, -0.2) is 9.37 Å². The summed E-state index contributed by atoms with van der Waals surface area (Å²) in [6.07, 6.45) is 3.71. The Balaban J connectivity index is 2.28. The van der Waals surface area contributed by atoms with E-state index in [9.17, 15) is 4.39 Å². The summed E-state index contributed by atoms with van der Waals surface area (Å²) in [7, 11) is 0. The molecule has 0 radical (unpaired) electrons. The normalized spacial score (nSPS) is 12.6. The van der Waals surface area contributed by atoms with Gasteiger partial charge in [0.15, 0.2) is 0 Å². The van der Waals surface area contributed by atoms with E-state index in [1.807, 2.05) is 6.07 Å². The Labute approximate surface area is 106 Å². The summed E-state index contributed by atoms with van der Waals surface area (Å²) < 4.78 is 13.6. The van der Waals surface area contributed by atoms with E-state index in [2.05, 4.69) is 16.9 Å². The van der Waals surface area contributed by atoms with Crippen LogP contribution in [0.5, 0.6) is 0 Å². The molecule has 1 aromatic carbocycles. The van der Waals surface area contributed by atoms with Crippen molar-refractivity contribution in [2.24, 2.45) is 5.73 Å². The van der Waals surface area contributed by atoms with Gasteiger partial charge in [0.25, 0.3) is 0 Å². The molecule has 0 saturated carbocycles. The van der Waals surface area contributed by atoms with Crippen molar-refractivity contribution in [3.05, 3.63) is 42.1 Å². The average molecular weight is 247 g/mol.